The van der Waals surface area contributed by atoms with E-state index in [0.717, 1.165) is 0 Å². The first-order valence-electron chi connectivity index (χ1n) is 12.2. The topological polar surface area (TPSA) is 101 Å². The van der Waals surface area contributed by atoms with Gasteiger partial charge in [0.25, 0.3) is 0 Å². The van der Waals surface area contributed by atoms with Crippen LogP contribution >= 0.6 is 0 Å². The van der Waals surface area contributed by atoms with E-state index in [-0.39, 0.29) is 25.3 Å². The normalized spacial score (nSPS) is 13.7. The van der Waals surface area contributed by atoms with Crippen LogP contribution in [0, 0.1) is 10.8 Å². The lowest BCUT2D eigenvalue weighted by Gasteiger charge is -2.43. The maximum atomic E-state index is 12.7. The Hall–Kier alpha value is -1.38. The van der Waals surface area contributed by atoms with Crippen LogP contribution in [-0.2, 0) is 28.5 Å². The highest BCUT2D eigenvalue weighted by Gasteiger charge is 2.47. The van der Waals surface area contributed by atoms with E-state index < -0.39 is 33.8 Å². The fourth-order valence-electron chi connectivity index (χ4n) is 2.65. The van der Waals surface area contributed by atoms with Gasteiger partial charge in [-0.3, -0.25) is 4.79 Å². The molecular weight excluding hydrogens is 440 g/mol. The van der Waals surface area contributed by atoms with Gasteiger partial charge in [-0.15, -0.1) is 0 Å². The molecule has 1 N–H and O–H groups in total. The molecular formula is C26H50O8. The molecule has 0 rings (SSSR count). The molecule has 202 valence electrons. The lowest BCUT2D eigenvalue weighted by atomic mass is 9.74. The molecule has 0 aromatic carbocycles. The molecule has 8 heteroatoms. The summed E-state index contributed by atoms with van der Waals surface area (Å²) in [5, 5.41) is 9.74. The summed E-state index contributed by atoms with van der Waals surface area (Å²) in [6.45, 7) is 23.1. The van der Waals surface area contributed by atoms with Crippen LogP contribution in [0.15, 0.2) is 0 Å². The van der Waals surface area contributed by atoms with E-state index in [1.165, 1.54) is 0 Å². The zero-order valence-electron chi connectivity index (χ0n) is 23.6. The molecule has 0 saturated carbocycles. The van der Waals surface area contributed by atoms with Crippen molar-refractivity contribution in [3.8, 4) is 0 Å². The van der Waals surface area contributed by atoms with Gasteiger partial charge in [-0.25, -0.2) is 4.79 Å². The molecule has 0 aliphatic rings. The van der Waals surface area contributed by atoms with Gasteiger partial charge in [-0.2, -0.15) is 0 Å². The first-order valence-corrected chi connectivity index (χ1v) is 12.2. The highest BCUT2D eigenvalue weighted by Crippen LogP contribution is 2.40. The van der Waals surface area contributed by atoms with Crippen LogP contribution in [-0.4, -0.2) is 66.6 Å². The Morgan fingerprint density at radius 2 is 1.29 bits per heavy atom. The van der Waals surface area contributed by atoms with E-state index in [4.69, 9.17) is 23.7 Å². The summed E-state index contributed by atoms with van der Waals surface area (Å²) >= 11 is 0. The van der Waals surface area contributed by atoms with Crippen molar-refractivity contribution in [3.05, 3.63) is 0 Å². The van der Waals surface area contributed by atoms with Crippen LogP contribution in [0.4, 0.5) is 4.79 Å². The minimum absolute atomic E-state index is 0.0743. The summed E-state index contributed by atoms with van der Waals surface area (Å²) in [4.78, 5) is 24.9. The number of hydrogen-bond acceptors (Lipinski definition) is 8. The zero-order valence-corrected chi connectivity index (χ0v) is 23.6. The number of hydrogen-bond donors (Lipinski definition) is 1. The van der Waals surface area contributed by atoms with Crippen LogP contribution in [0.25, 0.3) is 0 Å². The summed E-state index contributed by atoms with van der Waals surface area (Å²) in [6, 6.07) is 0. The lowest BCUT2D eigenvalue weighted by molar-refractivity contribution is -0.178. The van der Waals surface area contributed by atoms with E-state index in [9.17, 15) is 14.7 Å². The predicted molar refractivity (Wildman–Crippen MR) is 132 cm³/mol. The van der Waals surface area contributed by atoms with Gasteiger partial charge in [-0.05, 0) is 75.7 Å². The van der Waals surface area contributed by atoms with Gasteiger partial charge in [0, 0.05) is 18.4 Å². The number of carbonyl (C=O) groups excluding carboxylic acids is 2. The predicted octanol–water partition coefficient (Wildman–Crippen LogP) is 5.29. The van der Waals surface area contributed by atoms with Crippen LogP contribution in [0.5, 0.6) is 0 Å². The Bertz CT molecular complexity index is 642. The van der Waals surface area contributed by atoms with Crippen LogP contribution in [0.3, 0.4) is 0 Å². The van der Waals surface area contributed by atoms with E-state index >= 15 is 0 Å². The van der Waals surface area contributed by atoms with Crippen molar-refractivity contribution in [2.24, 2.45) is 10.8 Å². The Balaban J connectivity index is 4.82. The lowest BCUT2D eigenvalue weighted by Crippen LogP contribution is -2.49. The average Bonchev–Trinajstić information content (AvgIpc) is 2.62. The van der Waals surface area contributed by atoms with Crippen molar-refractivity contribution >= 4 is 12.1 Å². The number of ether oxygens (including phenoxy) is 5. The number of esters is 1. The molecule has 0 aliphatic carbocycles. The van der Waals surface area contributed by atoms with E-state index in [1.54, 1.807) is 27.7 Å². The van der Waals surface area contributed by atoms with E-state index in [0.29, 0.717) is 26.1 Å². The Labute approximate surface area is 207 Å². The molecule has 0 fully saturated rings. The van der Waals surface area contributed by atoms with E-state index in [1.807, 2.05) is 55.4 Å². The Morgan fingerprint density at radius 3 is 1.79 bits per heavy atom. The molecule has 0 aliphatic heterocycles. The Kier molecular flexibility index (Phi) is 12.0. The molecule has 8 nitrogen and oxygen atoms in total. The first kappa shape index (κ1) is 32.6. The number of aliphatic hydroxyl groups is 1. The summed E-state index contributed by atoms with van der Waals surface area (Å²) in [7, 11) is 0. The van der Waals surface area contributed by atoms with Crippen molar-refractivity contribution in [2.45, 2.75) is 119 Å². The van der Waals surface area contributed by atoms with Crippen LogP contribution in [0.2, 0.25) is 0 Å². The molecule has 0 saturated heterocycles. The monoisotopic (exact) mass is 490 g/mol. The van der Waals surface area contributed by atoms with Gasteiger partial charge in [0.1, 0.15) is 12.2 Å². The zero-order chi connectivity index (χ0) is 27.0. The Morgan fingerprint density at radius 1 is 0.735 bits per heavy atom. The van der Waals surface area contributed by atoms with Crippen molar-refractivity contribution in [3.63, 3.8) is 0 Å². The average molecular weight is 491 g/mol. The summed E-state index contributed by atoms with van der Waals surface area (Å²) in [5.74, 6) is -0.346. The molecule has 0 spiro atoms. The highest BCUT2D eigenvalue weighted by atomic mass is 16.7. The van der Waals surface area contributed by atoms with Crippen LogP contribution in [0.1, 0.15) is 95.9 Å². The third-order valence-electron chi connectivity index (χ3n) is 6.88. The second-order valence-corrected chi connectivity index (χ2v) is 11.9. The minimum atomic E-state index is -0.915. The highest BCUT2D eigenvalue weighted by molar-refractivity contribution is 5.77. The van der Waals surface area contributed by atoms with E-state index in [2.05, 4.69) is 0 Å². The molecule has 0 radical (unpaired) electrons. The molecule has 0 unspecified atom stereocenters. The second-order valence-electron chi connectivity index (χ2n) is 11.9. The molecule has 34 heavy (non-hydrogen) atoms. The SMILES string of the molecule is CC(C)OCCOC(=O)C(C)(C)C(C)(C)OCCC(C)(C)C(C)(C)OC(=O)OCCC(C)(C)O. The molecule has 0 amide bonds. The van der Waals surface area contributed by atoms with Crippen molar-refractivity contribution < 1.29 is 38.4 Å². The summed E-state index contributed by atoms with van der Waals surface area (Å²) < 4.78 is 27.7. The van der Waals surface area contributed by atoms with Gasteiger partial charge in [0.15, 0.2) is 0 Å². The third-order valence-corrected chi connectivity index (χ3v) is 6.88. The first-order chi connectivity index (χ1) is 15.1. The van der Waals surface area contributed by atoms with Crippen molar-refractivity contribution in [2.75, 3.05) is 26.4 Å². The second kappa shape index (κ2) is 12.5. The maximum Gasteiger partial charge on any atom is 0.508 e. The van der Waals surface area contributed by atoms with Gasteiger partial charge in [0.05, 0.1) is 35.9 Å². The largest absolute Gasteiger partial charge is 0.508 e. The molecule has 0 bridgehead atoms. The molecule has 0 aromatic heterocycles. The maximum absolute atomic E-state index is 12.7. The minimum Gasteiger partial charge on any atom is -0.463 e. The van der Waals surface area contributed by atoms with Crippen LogP contribution < -0.4 is 0 Å². The smallest absolute Gasteiger partial charge is 0.463 e. The van der Waals surface area contributed by atoms with Gasteiger partial charge >= 0.3 is 12.1 Å². The van der Waals surface area contributed by atoms with Gasteiger partial charge < -0.3 is 28.8 Å². The summed E-state index contributed by atoms with van der Waals surface area (Å²) in [6.07, 6.45) is 0.206. The fourth-order valence-corrected chi connectivity index (χ4v) is 2.65. The third kappa shape index (κ3) is 10.9. The van der Waals surface area contributed by atoms with Crippen molar-refractivity contribution in [1.82, 2.24) is 0 Å². The fraction of sp³-hybridized carbons (Fsp3) is 0.923. The number of carbonyl (C=O) groups is 2. The van der Waals surface area contributed by atoms with Gasteiger partial charge in [0.2, 0.25) is 0 Å². The van der Waals surface area contributed by atoms with Crippen molar-refractivity contribution in [1.29, 1.82) is 0 Å². The standard InChI is InChI=1S/C26H50O8/c1-19(2)30-17-18-31-20(27)24(7,8)26(11,12)33-16-13-22(3,4)25(9,10)34-21(28)32-15-14-23(5,6)29/h19,29H,13-18H2,1-12H3. The summed E-state index contributed by atoms with van der Waals surface area (Å²) in [5.41, 5.74) is -3.87. The number of rotatable bonds is 15. The molecule has 0 aromatic rings. The molecule has 0 atom stereocenters. The quantitative estimate of drug-likeness (QED) is 0.244. The van der Waals surface area contributed by atoms with Gasteiger partial charge in [-0.1, -0.05) is 13.8 Å². The molecule has 0 heterocycles.